The molecule has 1 aliphatic rings. The van der Waals surface area contributed by atoms with Crippen LogP contribution in [0.2, 0.25) is 5.02 Å². The van der Waals surface area contributed by atoms with Gasteiger partial charge in [-0.05, 0) is 48.6 Å². The fourth-order valence-corrected chi connectivity index (χ4v) is 3.25. The molecule has 6 nitrogen and oxygen atoms in total. The van der Waals surface area contributed by atoms with Gasteiger partial charge in [0.25, 0.3) is 5.91 Å². The molecule has 1 fully saturated rings. The first-order valence-corrected chi connectivity index (χ1v) is 10.6. The molecule has 3 rings (SSSR count). The van der Waals surface area contributed by atoms with Crippen LogP contribution >= 0.6 is 35.6 Å². The van der Waals surface area contributed by atoms with E-state index < -0.39 is 0 Å². The fourth-order valence-electron chi connectivity index (χ4n) is 3.06. The molecule has 0 saturated heterocycles. The van der Waals surface area contributed by atoms with Gasteiger partial charge in [-0.1, -0.05) is 41.9 Å². The number of hydrogen-bond acceptors (Lipinski definition) is 3. The molecule has 31 heavy (non-hydrogen) atoms. The van der Waals surface area contributed by atoms with Crippen LogP contribution in [0.3, 0.4) is 0 Å². The van der Waals surface area contributed by atoms with E-state index in [0.717, 1.165) is 42.4 Å². The fraction of sp³-hybridized carbons (Fsp3) is 0.391. The number of carbonyl (C=O) groups is 1. The Balaban J connectivity index is 0.00000341. The highest BCUT2D eigenvalue weighted by atomic mass is 127. The molecular formula is C23H30ClIN4O2. The normalized spacial score (nSPS) is 13.2. The second-order valence-corrected chi connectivity index (χ2v) is 7.85. The summed E-state index contributed by atoms with van der Waals surface area (Å²) in [6.45, 7) is 1.49. The van der Waals surface area contributed by atoms with Gasteiger partial charge in [0, 0.05) is 38.2 Å². The van der Waals surface area contributed by atoms with E-state index in [4.69, 9.17) is 16.3 Å². The zero-order valence-corrected chi connectivity index (χ0v) is 21.0. The third-order valence-corrected chi connectivity index (χ3v) is 5.24. The Bertz CT molecular complexity index is 872. The van der Waals surface area contributed by atoms with Crippen LogP contribution in [0.15, 0.2) is 53.5 Å². The van der Waals surface area contributed by atoms with Crippen LogP contribution in [0.5, 0.6) is 5.75 Å². The van der Waals surface area contributed by atoms with Gasteiger partial charge >= 0.3 is 0 Å². The summed E-state index contributed by atoms with van der Waals surface area (Å²) in [5.41, 5.74) is 2.24. The van der Waals surface area contributed by atoms with Gasteiger partial charge in [0.05, 0.1) is 0 Å². The van der Waals surface area contributed by atoms with Gasteiger partial charge < -0.3 is 20.3 Å². The Morgan fingerprint density at radius 2 is 1.90 bits per heavy atom. The summed E-state index contributed by atoms with van der Waals surface area (Å²) >= 11 is 6.26. The zero-order valence-electron chi connectivity index (χ0n) is 17.9. The SMILES string of the molecule is CN=C(NCCc1ccc(OCC(=O)NC2CC2)cc1)N(C)Cc1ccccc1Cl.I. The summed E-state index contributed by atoms with van der Waals surface area (Å²) in [7, 11) is 3.76. The van der Waals surface area contributed by atoms with Gasteiger partial charge in [0.1, 0.15) is 5.75 Å². The lowest BCUT2D eigenvalue weighted by atomic mass is 10.1. The van der Waals surface area contributed by atoms with E-state index in [9.17, 15) is 4.79 Å². The maximum absolute atomic E-state index is 11.7. The molecule has 1 amide bonds. The first-order chi connectivity index (χ1) is 14.5. The van der Waals surface area contributed by atoms with Crippen LogP contribution in [0, 0.1) is 0 Å². The molecule has 0 radical (unpaired) electrons. The van der Waals surface area contributed by atoms with Gasteiger partial charge in [-0.2, -0.15) is 0 Å². The average Bonchev–Trinajstić information content (AvgIpc) is 3.56. The lowest BCUT2D eigenvalue weighted by molar-refractivity contribution is -0.123. The van der Waals surface area contributed by atoms with Gasteiger partial charge in [-0.3, -0.25) is 9.79 Å². The van der Waals surface area contributed by atoms with E-state index in [1.165, 1.54) is 5.56 Å². The molecule has 168 valence electrons. The predicted molar refractivity (Wildman–Crippen MR) is 137 cm³/mol. The van der Waals surface area contributed by atoms with Crippen molar-refractivity contribution in [3.63, 3.8) is 0 Å². The van der Waals surface area contributed by atoms with Gasteiger partial charge in [-0.15, -0.1) is 24.0 Å². The Morgan fingerprint density at radius 3 is 2.55 bits per heavy atom. The van der Waals surface area contributed by atoms with Crippen molar-refractivity contribution in [2.75, 3.05) is 27.2 Å². The summed E-state index contributed by atoms with van der Waals surface area (Å²) in [6.07, 6.45) is 3.00. The van der Waals surface area contributed by atoms with E-state index in [2.05, 4.69) is 15.6 Å². The minimum atomic E-state index is -0.0573. The molecular weight excluding hydrogens is 527 g/mol. The summed E-state index contributed by atoms with van der Waals surface area (Å²) in [5.74, 6) is 1.46. The molecule has 2 aromatic rings. The lowest BCUT2D eigenvalue weighted by Gasteiger charge is -2.22. The van der Waals surface area contributed by atoms with Crippen LogP contribution in [0.25, 0.3) is 0 Å². The van der Waals surface area contributed by atoms with E-state index >= 15 is 0 Å². The predicted octanol–water partition coefficient (Wildman–Crippen LogP) is 3.87. The minimum Gasteiger partial charge on any atom is -0.484 e. The third kappa shape index (κ3) is 8.57. The molecule has 8 heteroatoms. The van der Waals surface area contributed by atoms with Crippen LogP contribution in [-0.4, -0.2) is 50.1 Å². The monoisotopic (exact) mass is 556 g/mol. The summed E-state index contributed by atoms with van der Waals surface area (Å²) in [4.78, 5) is 18.1. The van der Waals surface area contributed by atoms with Crippen molar-refractivity contribution < 1.29 is 9.53 Å². The minimum absolute atomic E-state index is 0. The first-order valence-electron chi connectivity index (χ1n) is 10.2. The Kier molecular flexibility index (Phi) is 10.4. The number of aliphatic imine (C=N–C) groups is 1. The average molecular weight is 557 g/mol. The van der Waals surface area contributed by atoms with E-state index in [1.807, 2.05) is 60.5 Å². The standard InChI is InChI=1S/C23H29ClN4O2.HI/c1-25-23(28(2)15-18-5-3-4-6-21(18)24)26-14-13-17-7-11-20(12-8-17)30-16-22(29)27-19-9-10-19;/h3-8,11-12,19H,9-10,13-16H2,1-2H3,(H,25,26)(H,27,29);1H. The number of nitrogens with one attached hydrogen (secondary N) is 2. The Hall–Kier alpha value is -2.00. The van der Waals surface area contributed by atoms with Crippen LogP contribution in [0.1, 0.15) is 24.0 Å². The highest BCUT2D eigenvalue weighted by Gasteiger charge is 2.23. The third-order valence-electron chi connectivity index (χ3n) is 4.87. The molecule has 1 saturated carbocycles. The van der Waals surface area contributed by atoms with Gasteiger partial charge in [0.2, 0.25) is 0 Å². The molecule has 0 bridgehead atoms. The Labute approximate surface area is 206 Å². The number of guanidine groups is 1. The molecule has 0 aliphatic heterocycles. The summed E-state index contributed by atoms with van der Waals surface area (Å²) in [6, 6.07) is 16.0. The molecule has 0 atom stereocenters. The van der Waals surface area contributed by atoms with Crippen molar-refractivity contribution in [3.8, 4) is 5.75 Å². The topological polar surface area (TPSA) is 66.0 Å². The second kappa shape index (κ2) is 12.8. The van der Waals surface area contributed by atoms with Crippen LogP contribution in [0.4, 0.5) is 0 Å². The molecule has 0 heterocycles. The highest BCUT2D eigenvalue weighted by molar-refractivity contribution is 14.0. The molecule has 0 spiro atoms. The number of rotatable bonds is 9. The number of benzene rings is 2. The summed E-state index contributed by atoms with van der Waals surface area (Å²) < 4.78 is 5.54. The van der Waals surface area contributed by atoms with Crippen molar-refractivity contribution in [2.45, 2.75) is 31.8 Å². The summed E-state index contributed by atoms with van der Waals surface area (Å²) in [5, 5.41) is 7.05. The number of ether oxygens (including phenoxy) is 1. The van der Waals surface area contributed by atoms with E-state index in [0.29, 0.717) is 18.3 Å². The van der Waals surface area contributed by atoms with Gasteiger partial charge in [-0.25, -0.2) is 0 Å². The van der Waals surface area contributed by atoms with Gasteiger partial charge in [0.15, 0.2) is 12.6 Å². The largest absolute Gasteiger partial charge is 0.484 e. The van der Waals surface area contributed by atoms with Crippen LogP contribution < -0.4 is 15.4 Å². The quantitative estimate of drug-likeness (QED) is 0.280. The van der Waals surface area contributed by atoms with E-state index in [-0.39, 0.29) is 36.5 Å². The lowest BCUT2D eigenvalue weighted by Crippen LogP contribution is -2.39. The molecule has 0 aromatic heterocycles. The number of amides is 1. The van der Waals surface area contributed by atoms with Crippen molar-refractivity contribution in [3.05, 3.63) is 64.7 Å². The highest BCUT2D eigenvalue weighted by Crippen LogP contribution is 2.19. The number of hydrogen-bond donors (Lipinski definition) is 2. The number of halogens is 2. The van der Waals surface area contributed by atoms with Crippen LogP contribution in [-0.2, 0) is 17.8 Å². The maximum atomic E-state index is 11.7. The van der Waals surface area contributed by atoms with Crippen molar-refractivity contribution in [1.29, 1.82) is 0 Å². The maximum Gasteiger partial charge on any atom is 0.258 e. The molecule has 0 unspecified atom stereocenters. The number of carbonyl (C=O) groups excluding carboxylic acids is 1. The smallest absolute Gasteiger partial charge is 0.258 e. The molecule has 2 aromatic carbocycles. The van der Waals surface area contributed by atoms with Crippen molar-refractivity contribution in [2.24, 2.45) is 4.99 Å². The zero-order chi connectivity index (χ0) is 21.3. The Morgan fingerprint density at radius 1 is 1.19 bits per heavy atom. The first kappa shape index (κ1) is 25.3. The molecule has 1 aliphatic carbocycles. The van der Waals surface area contributed by atoms with Crippen molar-refractivity contribution >= 4 is 47.4 Å². The van der Waals surface area contributed by atoms with E-state index in [1.54, 1.807) is 7.05 Å². The number of nitrogens with zero attached hydrogens (tertiary/aromatic N) is 2. The molecule has 2 N–H and O–H groups in total. The van der Waals surface area contributed by atoms with Crippen molar-refractivity contribution in [1.82, 2.24) is 15.5 Å². The second-order valence-electron chi connectivity index (χ2n) is 7.45.